The molecule has 0 amide bonds. The Hall–Kier alpha value is -0.310. The molecule has 0 aliphatic heterocycles. The molecule has 0 fully saturated rings. The smallest absolute Gasteiger partial charge is 0.304 e. The highest BCUT2D eigenvalue weighted by Crippen LogP contribution is 2.43. The van der Waals surface area contributed by atoms with E-state index in [-0.39, 0.29) is 11.5 Å². The molecule has 0 spiro atoms. The van der Waals surface area contributed by atoms with E-state index in [4.69, 9.17) is 14.5 Å². The van der Waals surface area contributed by atoms with Gasteiger partial charge in [-0.1, -0.05) is 12.1 Å². The summed E-state index contributed by atoms with van der Waals surface area (Å²) in [5.41, 5.74) is 0. The number of phenolic OH excluding ortho intramolecular Hbond substituents is 1. The first kappa shape index (κ1) is 8.78. The first-order valence-electron chi connectivity index (χ1n) is 2.81. The second-order valence-corrected chi connectivity index (χ2v) is 4.24. The lowest BCUT2D eigenvalue weighted by atomic mass is 10.3. The van der Waals surface area contributed by atoms with Crippen LogP contribution in [-0.2, 0) is 0 Å². The van der Waals surface area contributed by atoms with Gasteiger partial charge in [0, 0.05) is 15.5 Å². The summed E-state index contributed by atoms with van der Waals surface area (Å²) in [7, 11) is -1.64. The summed E-state index contributed by atoms with van der Waals surface area (Å²) in [5.74, 6) is 0.298. The molecular weight excluding hydrogens is 231 g/mol. The zero-order valence-electron chi connectivity index (χ0n) is 5.44. The van der Waals surface area contributed by atoms with E-state index in [2.05, 4.69) is 15.5 Å². The Morgan fingerprint density at radius 2 is 2.00 bits per heavy atom. The molecule has 11 heavy (non-hydrogen) atoms. The van der Waals surface area contributed by atoms with Gasteiger partial charge in [-0.05, 0) is 12.1 Å². The van der Waals surface area contributed by atoms with Crippen molar-refractivity contribution in [1.29, 1.82) is 0 Å². The van der Waals surface area contributed by atoms with Crippen LogP contribution in [0, 0.1) is 0 Å². The number of hydrogen-bond acceptors (Lipinski definition) is 3. The summed E-state index contributed by atoms with van der Waals surface area (Å²) in [6.07, 6.45) is 0. The summed E-state index contributed by atoms with van der Waals surface area (Å²) < 4.78 is 4.83. The fourth-order valence-electron chi connectivity index (χ4n) is 0.616. The molecule has 0 heterocycles. The van der Waals surface area contributed by atoms with Gasteiger partial charge < -0.3 is 14.5 Å². The van der Waals surface area contributed by atoms with Crippen molar-refractivity contribution in [3.8, 4) is 11.5 Å². The lowest BCUT2D eigenvalue weighted by molar-refractivity contribution is 0.433. The van der Waals surface area contributed by atoms with Crippen LogP contribution in [0.2, 0.25) is 0 Å². The number of hydrogen-bond donors (Lipinski definition) is 2. The van der Waals surface area contributed by atoms with Crippen molar-refractivity contribution in [3.05, 3.63) is 24.3 Å². The molecule has 0 saturated heterocycles. The molecule has 1 aromatic carbocycles. The van der Waals surface area contributed by atoms with E-state index in [0.717, 1.165) is 0 Å². The Morgan fingerprint density at radius 1 is 1.36 bits per heavy atom. The fraction of sp³-hybridized carbons (Fsp3) is 0. The maximum absolute atomic E-state index is 9.11. The third-order valence-corrected chi connectivity index (χ3v) is 1.82. The Kier molecular flexibility index (Phi) is 3.12. The molecule has 1 unspecified atom stereocenters. The standard InChI is InChI=1S/C6H6BrO3P/c7-11(9)10-6-4-2-1-3-5(6)8/h1-4,8-9H. The number of phenols is 1. The normalized spacial score (nSPS) is 12.5. The van der Waals surface area contributed by atoms with Crippen LogP contribution in [0.5, 0.6) is 11.5 Å². The zero-order valence-corrected chi connectivity index (χ0v) is 7.92. The highest BCUT2D eigenvalue weighted by atomic mass is 79.9. The van der Waals surface area contributed by atoms with Gasteiger partial charge in [0.25, 0.3) is 0 Å². The van der Waals surface area contributed by atoms with E-state index < -0.39 is 7.08 Å². The summed E-state index contributed by atoms with van der Waals surface area (Å²) >= 11 is 2.83. The first-order chi connectivity index (χ1) is 5.20. The van der Waals surface area contributed by atoms with Gasteiger partial charge in [-0.15, -0.1) is 0 Å². The largest absolute Gasteiger partial charge is 0.504 e. The Bertz CT molecular complexity index is 241. The van der Waals surface area contributed by atoms with Crippen LogP contribution in [0.25, 0.3) is 0 Å². The summed E-state index contributed by atoms with van der Waals surface area (Å²) in [4.78, 5) is 8.78. The molecule has 0 aliphatic carbocycles. The molecule has 0 bridgehead atoms. The van der Waals surface area contributed by atoms with Gasteiger partial charge in [0.05, 0.1) is 0 Å². The quantitative estimate of drug-likeness (QED) is 0.776. The summed E-state index contributed by atoms with van der Waals surface area (Å²) in [5, 5.41) is 9.11. The summed E-state index contributed by atoms with van der Waals surface area (Å²) in [6.45, 7) is 0. The second kappa shape index (κ2) is 3.90. The third kappa shape index (κ3) is 2.66. The number of halogens is 1. The number of rotatable bonds is 2. The second-order valence-electron chi connectivity index (χ2n) is 1.79. The number of benzene rings is 1. The molecular formula is C6H6BrO3P. The molecule has 1 aromatic rings. The highest BCUT2D eigenvalue weighted by Gasteiger charge is 2.04. The van der Waals surface area contributed by atoms with Gasteiger partial charge >= 0.3 is 7.08 Å². The highest BCUT2D eigenvalue weighted by molar-refractivity contribution is 9.38. The predicted molar refractivity (Wildman–Crippen MR) is 46.8 cm³/mol. The maximum atomic E-state index is 9.11. The van der Waals surface area contributed by atoms with Crippen LogP contribution in [0.3, 0.4) is 0 Å². The van der Waals surface area contributed by atoms with E-state index in [1.54, 1.807) is 18.2 Å². The Balaban J connectivity index is 2.78. The van der Waals surface area contributed by atoms with Gasteiger partial charge in [0.15, 0.2) is 11.5 Å². The Morgan fingerprint density at radius 3 is 2.55 bits per heavy atom. The average Bonchev–Trinajstić information content (AvgIpc) is 1.93. The molecule has 5 heteroatoms. The van der Waals surface area contributed by atoms with E-state index in [1.165, 1.54) is 6.07 Å². The SMILES string of the molecule is Oc1ccccc1OP(O)Br. The van der Waals surface area contributed by atoms with E-state index >= 15 is 0 Å². The van der Waals surface area contributed by atoms with Crippen LogP contribution < -0.4 is 4.52 Å². The fourth-order valence-corrected chi connectivity index (χ4v) is 1.40. The predicted octanol–water partition coefficient (Wildman–Crippen LogP) is 2.39. The van der Waals surface area contributed by atoms with Crippen molar-refractivity contribution in [2.45, 2.75) is 0 Å². The zero-order chi connectivity index (χ0) is 8.27. The van der Waals surface area contributed by atoms with Gasteiger partial charge in [0.2, 0.25) is 0 Å². The van der Waals surface area contributed by atoms with E-state index in [0.29, 0.717) is 0 Å². The average molecular weight is 237 g/mol. The topological polar surface area (TPSA) is 49.7 Å². The molecule has 0 radical (unpaired) electrons. The lowest BCUT2D eigenvalue weighted by Gasteiger charge is -2.05. The van der Waals surface area contributed by atoms with Crippen LogP contribution >= 0.6 is 22.6 Å². The minimum Gasteiger partial charge on any atom is -0.504 e. The van der Waals surface area contributed by atoms with Crippen molar-refractivity contribution in [2.75, 3.05) is 0 Å². The first-order valence-corrected chi connectivity index (χ1v) is 6.04. The van der Waals surface area contributed by atoms with Crippen molar-refractivity contribution in [2.24, 2.45) is 0 Å². The minimum absolute atomic E-state index is 0.0218. The van der Waals surface area contributed by atoms with Gasteiger partial charge in [-0.25, -0.2) is 0 Å². The monoisotopic (exact) mass is 236 g/mol. The van der Waals surface area contributed by atoms with Crippen molar-refractivity contribution >= 4 is 22.6 Å². The molecule has 3 nitrogen and oxygen atoms in total. The number of aromatic hydroxyl groups is 1. The third-order valence-electron chi connectivity index (χ3n) is 1.04. The van der Waals surface area contributed by atoms with Crippen LogP contribution in [0.15, 0.2) is 24.3 Å². The summed E-state index contributed by atoms with van der Waals surface area (Å²) in [6, 6.07) is 6.44. The van der Waals surface area contributed by atoms with Crippen LogP contribution in [-0.4, -0.2) is 10.00 Å². The van der Waals surface area contributed by atoms with E-state index in [9.17, 15) is 0 Å². The van der Waals surface area contributed by atoms with Gasteiger partial charge in [-0.3, -0.25) is 0 Å². The van der Waals surface area contributed by atoms with Crippen molar-refractivity contribution in [1.82, 2.24) is 0 Å². The molecule has 60 valence electrons. The Labute approximate surface area is 73.3 Å². The molecule has 0 aromatic heterocycles. The van der Waals surface area contributed by atoms with Crippen molar-refractivity contribution in [3.63, 3.8) is 0 Å². The maximum Gasteiger partial charge on any atom is 0.304 e. The van der Waals surface area contributed by atoms with Crippen molar-refractivity contribution < 1.29 is 14.5 Å². The molecule has 0 saturated carbocycles. The molecule has 1 rings (SSSR count). The van der Waals surface area contributed by atoms with E-state index in [1.807, 2.05) is 0 Å². The van der Waals surface area contributed by atoms with Crippen LogP contribution in [0.4, 0.5) is 0 Å². The number of para-hydroxylation sites is 2. The van der Waals surface area contributed by atoms with Gasteiger partial charge in [-0.2, -0.15) is 0 Å². The van der Waals surface area contributed by atoms with Gasteiger partial charge in [0.1, 0.15) is 0 Å². The molecule has 2 N–H and O–H groups in total. The van der Waals surface area contributed by atoms with Crippen LogP contribution in [0.1, 0.15) is 0 Å². The lowest BCUT2D eigenvalue weighted by Crippen LogP contribution is -1.80. The molecule has 1 atom stereocenters. The minimum atomic E-state index is -1.64. The molecule has 0 aliphatic rings.